The lowest BCUT2D eigenvalue weighted by atomic mass is 9.89. The molecule has 100 valence electrons. The maximum atomic E-state index is 5.56. The van der Waals surface area contributed by atoms with Crippen molar-refractivity contribution in [1.82, 2.24) is 0 Å². The second-order valence-electron chi connectivity index (χ2n) is 4.76. The molecule has 0 saturated heterocycles. The molecule has 0 aliphatic heterocycles. The molecule has 0 bridgehead atoms. The van der Waals surface area contributed by atoms with Crippen molar-refractivity contribution in [2.75, 3.05) is 18.5 Å². The highest BCUT2D eigenvalue weighted by Crippen LogP contribution is 2.27. The Labute approximate surface area is 109 Å². The maximum Gasteiger partial charge on any atom is 0.119 e. The first-order valence-electron chi connectivity index (χ1n) is 6.92. The van der Waals surface area contributed by atoms with Gasteiger partial charge < -0.3 is 14.8 Å². The van der Waals surface area contributed by atoms with Crippen molar-refractivity contribution in [3.05, 3.63) is 24.3 Å². The zero-order valence-corrected chi connectivity index (χ0v) is 11.3. The van der Waals surface area contributed by atoms with Gasteiger partial charge in [-0.3, -0.25) is 0 Å². The quantitative estimate of drug-likeness (QED) is 0.802. The third-order valence-corrected chi connectivity index (χ3v) is 3.20. The van der Waals surface area contributed by atoms with Crippen molar-refractivity contribution < 1.29 is 9.47 Å². The monoisotopic (exact) mass is 249 g/mol. The van der Waals surface area contributed by atoms with E-state index in [1.54, 1.807) is 0 Å². The van der Waals surface area contributed by atoms with Gasteiger partial charge in [0.15, 0.2) is 0 Å². The van der Waals surface area contributed by atoms with Crippen LogP contribution in [0.1, 0.15) is 33.1 Å². The molecule has 1 fully saturated rings. The molecule has 1 saturated carbocycles. The first kappa shape index (κ1) is 13.2. The Bertz CT molecular complexity index is 344. The van der Waals surface area contributed by atoms with E-state index in [-0.39, 0.29) is 0 Å². The summed E-state index contributed by atoms with van der Waals surface area (Å²) in [4.78, 5) is 0. The zero-order chi connectivity index (χ0) is 12.8. The topological polar surface area (TPSA) is 30.5 Å². The second kappa shape index (κ2) is 6.64. The van der Waals surface area contributed by atoms with E-state index in [1.165, 1.54) is 5.69 Å². The summed E-state index contributed by atoms with van der Waals surface area (Å²) in [6.45, 7) is 5.77. The highest BCUT2D eigenvalue weighted by atomic mass is 16.5. The van der Waals surface area contributed by atoms with Gasteiger partial charge >= 0.3 is 0 Å². The highest BCUT2D eigenvalue weighted by molar-refractivity contribution is 5.47. The van der Waals surface area contributed by atoms with Crippen LogP contribution in [0.25, 0.3) is 0 Å². The van der Waals surface area contributed by atoms with Gasteiger partial charge in [0, 0.05) is 18.3 Å². The molecule has 1 aromatic carbocycles. The van der Waals surface area contributed by atoms with Crippen LogP contribution in [0.15, 0.2) is 24.3 Å². The molecule has 0 unspecified atom stereocenters. The molecule has 18 heavy (non-hydrogen) atoms. The zero-order valence-electron chi connectivity index (χ0n) is 11.3. The number of nitrogens with one attached hydrogen (secondary N) is 1. The van der Waals surface area contributed by atoms with E-state index in [9.17, 15) is 0 Å². The van der Waals surface area contributed by atoms with Crippen LogP contribution in [0, 0.1) is 0 Å². The minimum Gasteiger partial charge on any atom is -0.494 e. The van der Waals surface area contributed by atoms with Crippen molar-refractivity contribution in [2.24, 2.45) is 0 Å². The van der Waals surface area contributed by atoms with Crippen LogP contribution in [0.5, 0.6) is 5.75 Å². The van der Waals surface area contributed by atoms with Crippen LogP contribution in [0.4, 0.5) is 5.69 Å². The summed E-state index contributed by atoms with van der Waals surface area (Å²) in [6, 6.07) is 8.77. The molecular formula is C15H23NO2. The lowest BCUT2D eigenvalue weighted by molar-refractivity contribution is 0.00299. The van der Waals surface area contributed by atoms with Gasteiger partial charge in [-0.2, -0.15) is 0 Å². The van der Waals surface area contributed by atoms with Gasteiger partial charge in [0.25, 0.3) is 0 Å². The molecule has 3 nitrogen and oxygen atoms in total. The van der Waals surface area contributed by atoms with E-state index >= 15 is 0 Å². The Hall–Kier alpha value is -1.22. The number of hydrogen-bond acceptors (Lipinski definition) is 3. The summed E-state index contributed by atoms with van der Waals surface area (Å²) < 4.78 is 11.1. The molecule has 3 heteroatoms. The summed E-state index contributed by atoms with van der Waals surface area (Å²) in [6.07, 6.45) is 3.73. The van der Waals surface area contributed by atoms with Crippen LogP contribution >= 0.6 is 0 Å². The Morgan fingerprint density at radius 2 is 1.89 bits per heavy atom. The number of ether oxygens (including phenoxy) is 2. The van der Waals surface area contributed by atoms with Crippen molar-refractivity contribution in [1.29, 1.82) is 0 Å². The van der Waals surface area contributed by atoms with Gasteiger partial charge in [-0.15, -0.1) is 0 Å². The first-order valence-corrected chi connectivity index (χ1v) is 6.92. The van der Waals surface area contributed by atoms with Crippen LogP contribution < -0.4 is 10.1 Å². The van der Waals surface area contributed by atoms with Crippen molar-refractivity contribution in [3.8, 4) is 5.75 Å². The normalized spacial score (nSPS) is 22.3. The average Bonchev–Trinajstić information content (AvgIpc) is 2.35. The lowest BCUT2D eigenvalue weighted by Gasteiger charge is -2.36. The lowest BCUT2D eigenvalue weighted by Crippen LogP contribution is -2.40. The van der Waals surface area contributed by atoms with Crippen LogP contribution in [-0.4, -0.2) is 25.4 Å². The Kier molecular flexibility index (Phi) is 4.88. The molecule has 1 N–H and O–H groups in total. The number of anilines is 1. The number of rotatable bonds is 7. The van der Waals surface area contributed by atoms with Gasteiger partial charge in [0.2, 0.25) is 0 Å². The number of hydrogen-bond donors (Lipinski definition) is 1. The highest BCUT2D eigenvalue weighted by Gasteiger charge is 2.29. The van der Waals surface area contributed by atoms with Crippen molar-refractivity contribution in [3.63, 3.8) is 0 Å². The van der Waals surface area contributed by atoms with Crippen LogP contribution in [0.2, 0.25) is 0 Å². The average molecular weight is 249 g/mol. The Balaban J connectivity index is 1.74. The smallest absolute Gasteiger partial charge is 0.119 e. The fourth-order valence-electron chi connectivity index (χ4n) is 2.16. The molecule has 0 aromatic heterocycles. The van der Waals surface area contributed by atoms with E-state index in [4.69, 9.17) is 9.47 Å². The molecule has 1 aromatic rings. The van der Waals surface area contributed by atoms with Gasteiger partial charge in [0.05, 0.1) is 12.7 Å². The van der Waals surface area contributed by atoms with Gasteiger partial charge in [-0.1, -0.05) is 6.92 Å². The van der Waals surface area contributed by atoms with E-state index < -0.39 is 0 Å². The molecule has 0 radical (unpaired) electrons. The third-order valence-electron chi connectivity index (χ3n) is 3.20. The van der Waals surface area contributed by atoms with E-state index in [1.807, 2.05) is 12.1 Å². The van der Waals surface area contributed by atoms with Gasteiger partial charge in [-0.05, 0) is 50.5 Å². The molecule has 0 spiro atoms. The van der Waals surface area contributed by atoms with E-state index in [0.717, 1.165) is 38.2 Å². The molecule has 0 amide bonds. The fraction of sp³-hybridized carbons (Fsp3) is 0.600. The SMILES string of the molecule is CCCOc1ccc(NC2CC(OCC)C2)cc1. The predicted molar refractivity (Wildman–Crippen MR) is 74.3 cm³/mol. The largest absolute Gasteiger partial charge is 0.494 e. The van der Waals surface area contributed by atoms with E-state index in [2.05, 4.69) is 31.3 Å². The van der Waals surface area contributed by atoms with Gasteiger partial charge in [0.1, 0.15) is 5.75 Å². The van der Waals surface area contributed by atoms with Crippen molar-refractivity contribution in [2.45, 2.75) is 45.3 Å². The minimum atomic E-state index is 0.458. The standard InChI is InChI=1S/C15H23NO2/c1-3-9-18-14-7-5-12(6-8-14)16-13-10-15(11-13)17-4-2/h5-8,13,15-16H,3-4,9-11H2,1-2H3. The summed E-state index contributed by atoms with van der Waals surface area (Å²) in [7, 11) is 0. The Morgan fingerprint density at radius 1 is 1.17 bits per heavy atom. The molecule has 1 aliphatic rings. The maximum absolute atomic E-state index is 5.56. The summed E-state index contributed by atoms with van der Waals surface area (Å²) in [5.74, 6) is 0.947. The summed E-state index contributed by atoms with van der Waals surface area (Å²) in [5.41, 5.74) is 1.17. The molecule has 0 heterocycles. The van der Waals surface area contributed by atoms with Crippen LogP contribution in [-0.2, 0) is 4.74 Å². The third kappa shape index (κ3) is 3.64. The Morgan fingerprint density at radius 3 is 2.50 bits per heavy atom. The van der Waals surface area contributed by atoms with Crippen molar-refractivity contribution >= 4 is 5.69 Å². The summed E-state index contributed by atoms with van der Waals surface area (Å²) in [5, 5.41) is 3.51. The minimum absolute atomic E-state index is 0.458. The predicted octanol–water partition coefficient (Wildman–Crippen LogP) is 3.45. The molecular weight excluding hydrogens is 226 g/mol. The summed E-state index contributed by atoms with van der Waals surface area (Å²) >= 11 is 0. The molecule has 1 aliphatic carbocycles. The van der Waals surface area contributed by atoms with E-state index in [0.29, 0.717) is 12.1 Å². The molecule has 2 rings (SSSR count). The molecule has 0 atom stereocenters. The van der Waals surface area contributed by atoms with Gasteiger partial charge in [-0.25, -0.2) is 0 Å². The van der Waals surface area contributed by atoms with Crippen LogP contribution in [0.3, 0.4) is 0 Å². The fourth-order valence-corrected chi connectivity index (χ4v) is 2.16. The first-order chi connectivity index (χ1) is 8.81. The number of benzene rings is 1. The second-order valence-corrected chi connectivity index (χ2v) is 4.76.